The molecule has 0 spiro atoms. The van der Waals surface area contributed by atoms with Gasteiger partial charge >= 0.3 is 5.97 Å². The van der Waals surface area contributed by atoms with Gasteiger partial charge in [0.15, 0.2) is 0 Å². The summed E-state index contributed by atoms with van der Waals surface area (Å²) < 4.78 is 4.92. The summed E-state index contributed by atoms with van der Waals surface area (Å²) in [5, 5.41) is 1.11. The number of halogens is 1. The van der Waals surface area contributed by atoms with E-state index in [1.165, 1.54) is 18.9 Å². The number of esters is 1. The molecule has 2 aromatic rings. The van der Waals surface area contributed by atoms with E-state index in [9.17, 15) is 4.79 Å². The summed E-state index contributed by atoms with van der Waals surface area (Å²) in [6.07, 6.45) is 6.26. The van der Waals surface area contributed by atoms with Gasteiger partial charge in [-0.05, 0) is 18.9 Å². The Morgan fingerprint density at radius 1 is 1.33 bits per heavy atom. The Labute approximate surface area is 166 Å². The van der Waals surface area contributed by atoms with Crippen LogP contribution in [0.5, 0.6) is 0 Å². The number of anilines is 2. The first-order valence-electron chi connectivity index (χ1n) is 8.42. The topological polar surface area (TPSA) is 120 Å². The summed E-state index contributed by atoms with van der Waals surface area (Å²) in [7, 11) is 1.40. The molecule has 0 aromatic carbocycles. The van der Waals surface area contributed by atoms with Crippen LogP contribution < -0.4 is 16.4 Å². The summed E-state index contributed by atoms with van der Waals surface area (Å²) >= 11 is 7.53. The Kier molecular flexibility index (Phi) is 6.03. The number of carbonyl (C=O) groups is 1. The third-order valence-corrected chi connectivity index (χ3v) is 6.25. The van der Waals surface area contributed by atoms with Gasteiger partial charge in [0.2, 0.25) is 0 Å². The van der Waals surface area contributed by atoms with Crippen molar-refractivity contribution in [2.45, 2.75) is 22.8 Å². The Morgan fingerprint density at radius 3 is 2.67 bits per heavy atom. The highest BCUT2D eigenvalue weighted by atomic mass is 35.5. The van der Waals surface area contributed by atoms with Crippen LogP contribution >= 0.6 is 23.4 Å². The highest BCUT2D eigenvalue weighted by Crippen LogP contribution is 2.35. The molecule has 8 nitrogen and oxygen atoms in total. The zero-order valence-corrected chi connectivity index (χ0v) is 16.5. The summed E-state index contributed by atoms with van der Waals surface area (Å²) in [6, 6.07) is 1.78. The molecule has 0 atom stereocenters. The van der Waals surface area contributed by atoms with Crippen molar-refractivity contribution in [1.29, 1.82) is 0 Å². The van der Waals surface area contributed by atoms with Gasteiger partial charge in [-0.25, -0.2) is 15.0 Å². The maximum absolute atomic E-state index is 12.1. The second-order valence-corrected chi connectivity index (χ2v) is 7.73. The molecule has 1 aliphatic heterocycles. The van der Waals surface area contributed by atoms with E-state index in [1.807, 2.05) is 0 Å². The molecule has 27 heavy (non-hydrogen) atoms. The number of hydrogen-bond donors (Lipinski definition) is 2. The van der Waals surface area contributed by atoms with E-state index < -0.39 is 5.41 Å². The molecule has 4 N–H and O–H groups in total. The van der Waals surface area contributed by atoms with Gasteiger partial charge in [0.25, 0.3) is 0 Å². The molecule has 1 aliphatic rings. The highest BCUT2D eigenvalue weighted by molar-refractivity contribution is 7.99. The molecule has 3 rings (SSSR count). The molecular weight excluding hydrogens is 388 g/mol. The van der Waals surface area contributed by atoms with E-state index in [4.69, 9.17) is 27.8 Å². The lowest BCUT2D eigenvalue weighted by atomic mass is 9.78. The summed E-state index contributed by atoms with van der Waals surface area (Å²) in [6.45, 7) is 1.62. The lowest BCUT2D eigenvalue weighted by Gasteiger charge is -2.39. The number of pyridine rings is 1. The van der Waals surface area contributed by atoms with Crippen LogP contribution in [0.4, 0.5) is 11.6 Å². The Morgan fingerprint density at radius 2 is 2.07 bits per heavy atom. The van der Waals surface area contributed by atoms with Crippen LogP contribution in [-0.2, 0) is 9.53 Å². The molecule has 1 saturated heterocycles. The molecule has 0 amide bonds. The van der Waals surface area contributed by atoms with Gasteiger partial charge in [0.05, 0.1) is 29.9 Å². The number of rotatable bonds is 5. The van der Waals surface area contributed by atoms with Crippen molar-refractivity contribution in [3.8, 4) is 0 Å². The molecule has 1 fully saturated rings. The first-order chi connectivity index (χ1) is 13.0. The SMILES string of the molecule is COC(=O)C1(CN)CCN(c2cnc(Sc3ccnc(N)c3Cl)cn2)CC1. The second-order valence-electron chi connectivity index (χ2n) is 6.29. The molecule has 10 heteroatoms. The van der Waals surface area contributed by atoms with Crippen molar-refractivity contribution in [3.05, 3.63) is 29.7 Å². The third kappa shape index (κ3) is 4.10. The molecule has 3 heterocycles. The summed E-state index contributed by atoms with van der Waals surface area (Å²) in [5.74, 6) is 0.805. The van der Waals surface area contributed by atoms with Crippen LogP contribution in [0.25, 0.3) is 0 Å². The maximum atomic E-state index is 12.1. The number of nitrogen functional groups attached to an aromatic ring is 1. The predicted molar refractivity (Wildman–Crippen MR) is 105 cm³/mol. The van der Waals surface area contributed by atoms with E-state index in [-0.39, 0.29) is 18.3 Å². The average molecular weight is 409 g/mol. The molecule has 2 aromatic heterocycles. The van der Waals surface area contributed by atoms with Gasteiger partial charge in [-0.2, -0.15) is 0 Å². The standard InChI is InChI=1S/C17H21ClN6O2S/c1-26-16(25)17(10-19)3-6-24(7-4-17)12-8-23-13(9-22-12)27-11-2-5-21-15(20)14(11)18/h2,5,8-9H,3-4,6-7,10,19H2,1H3,(H2,20,21). The number of piperidine rings is 1. The van der Waals surface area contributed by atoms with Crippen molar-refractivity contribution in [2.24, 2.45) is 11.1 Å². The highest BCUT2D eigenvalue weighted by Gasteiger charge is 2.41. The van der Waals surface area contributed by atoms with Gasteiger partial charge in [0.1, 0.15) is 16.7 Å². The molecular formula is C17H21ClN6O2S. The normalized spacial score (nSPS) is 16.2. The summed E-state index contributed by atoms with van der Waals surface area (Å²) in [4.78, 5) is 27.8. The smallest absolute Gasteiger partial charge is 0.313 e. The monoisotopic (exact) mass is 408 g/mol. The largest absolute Gasteiger partial charge is 0.469 e. The number of nitrogens with two attached hydrogens (primary N) is 2. The number of hydrogen-bond acceptors (Lipinski definition) is 9. The van der Waals surface area contributed by atoms with Gasteiger partial charge < -0.3 is 21.1 Å². The van der Waals surface area contributed by atoms with E-state index in [0.717, 1.165) is 10.7 Å². The Balaban J connectivity index is 1.66. The fourth-order valence-electron chi connectivity index (χ4n) is 3.03. The van der Waals surface area contributed by atoms with Crippen LogP contribution in [0, 0.1) is 5.41 Å². The molecule has 0 aliphatic carbocycles. The van der Waals surface area contributed by atoms with Crippen LogP contribution in [-0.4, -0.2) is 47.7 Å². The fourth-order valence-corrected chi connectivity index (χ4v) is 4.02. The summed E-state index contributed by atoms with van der Waals surface area (Å²) in [5.41, 5.74) is 11.0. The van der Waals surface area contributed by atoms with Gasteiger partial charge in [0, 0.05) is 30.7 Å². The first kappa shape index (κ1) is 19.7. The van der Waals surface area contributed by atoms with E-state index in [0.29, 0.717) is 36.0 Å². The number of ether oxygens (including phenoxy) is 1. The molecule has 144 valence electrons. The van der Waals surface area contributed by atoms with Gasteiger partial charge in [-0.15, -0.1) is 0 Å². The van der Waals surface area contributed by atoms with Crippen LogP contribution in [0.3, 0.4) is 0 Å². The molecule has 0 radical (unpaired) electrons. The molecule has 0 unspecified atom stereocenters. The fraction of sp³-hybridized carbons (Fsp3) is 0.412. The van der Waals surface area contributed by atoms with Crippen molar-refractivity contribution in [2.75, 3.05) is 37.4 Å². The lowest BCUT2D eigenvalue weighted by molar-refractivity contribution is -0.153. The minimum absolute atomic E-state index is 0.240. The van der Waals surface area contributed by atoms with Crippen molar-refractivity contribution in [3.63, 3.8) is 0 Å². The van der Waals surface area contributed by atoms with Crippen molar-refractivity contribution < 1.29 is 9.53 Å². The van der Waals surface area contributed by atoms with E-state index in [2.05, 4.69) is 19.9 Å². The number of methoxy groups -OCH3 is 1. The first-order valence-corrected chi connectivity index (χ1v) is 9.62. The number of carbonyl (C=O) groups excluding carboxylic acids is 1. The number of aromatic nitrogens is 3. The van der Waals surface area contributed by atoms with Gasteiger partial charge in [-0.3, -0.25) is 4.79 Å². The average Bonchev–Trinajstić information content (AvgIpc) is 2.71. The third-order valence-electron chi connectivity index (χ3n) is 4.76. The second kappa shape index (κ2) is 8.28. The van der Waals surface area contributed by atoms with Gasteiger partial charge in [-0.1, -0.05) is 23.4 Å². The Hall–Kier alpha value is -2.10. The van der Waals surface area contributed by atoms with E-state index in [1.54, 1.807) is 24.7 Å². The zero-order chi connectivity index (χ0) is 19.4. The quantitative estimate of drug-likeness (QED) is 0.715. The zero-order valence-electron chi connectivity index (χ0n) is 14.9. The lowest BCUT2D eigenvalue weighted by Crippen LogP contribution is -2.49. The number of nitrogens with zero attached hydrogens (tertiary/aromatic N) is 4. The van der Waals surface area contributed by atoms with Crippen molar-refractivity contribution >= 4 is 41.0 Å². The maximum Gasteiger partial charge on any atom is 0.313 e. The predicted octanol–water partition coefficient (Wildman–Crippen LogP) is 1.98. The van der Waals surface area contributed by atoms with E-state index >= 15 is 0 Å². The minimum Gasteiger partial charge on any atom is -0.469 e. The van der Waals surface area contributed by atoms with Crippen LogP contribution in [0.15, 0.2) is 34.6 Å². The molecule has 0 saturated carbocycles. The van der Waals surface area contributed by atoms with Crippen LogP contribution in [0.1, 0.15) is 12.8 Å². The Bertz CT molecular complexity index is 812. The van der Waals surface area contributed by atoms with Crippen molar-refractivity contribution in [1.82, 2.24) is 15.0 Å². The molecule has 0 bridgehead atoms. The minimum atomic E-state index is -0.605. The van der Waals surface area contributed by atoms with Crippen LogP contribution in [0.2, 0.25) is 5.02 Å².